The average Bonchev–Trinajstić information content (AvgIpc) is 3.04. The van der Waals surface area contributed by atoms with Gasteiger partial charge in [-0.25, -0.2) is 0 Å². The molecule has 0 N–H and O–H groups in total. The molecule has 3 rings (SSSR count). The van der Waals surface area contributed by atoms with Crippen LogP contribution in [0.15, 0.2) is 54.6 Å². The number of hydrogen-bond acceptors (Lipinski definition) is 1. The fraction of sp³-hybridized carbons (Fsp3) is 0.316. The van der Waals surface area contributed by atoms with Gasteiger partial charge in [0.05, 0.1) is 6.04 Å². The first kappa shape index (κ1) is 15.1. The Bertz CT molecular complexity index is 624. The third kappa shape index (κ3) is 3.50. The van der Waals surface area contributed by atoms with Gasteiger partial charge in [0, 0.05) is 18.0 Å². The molecule has 2 aromatic carbocycles. The molecule has 0 spiro atoms. The van der Waals surface area contributed by atoms with E-state index in [0.717, 1.165) is 30.8 Å². The van der Waals surface area contributed by atoms with Gasteiger partial charge in [-0.1, -0.05) is 54.1 Å². The molecule has 1 aliphatic rings. The molecule has 1 saturated heterocycles. The first-order valence-corrected chi connectivity index (χ1v) is 8.21. The van der Waals surface area contributed by atoms with E-state index in [2.05, 4.69) is 12.1 Å². The Morgan fingerprint density at radius 2 is 1.82 bits per heavy atom. The Morgan fingerprint density at radius 1 is 1.09 bits per heavy atom. The van der Waals surface area contributed by atoms with E-state index >= 15 is 0 Å². The minimum absolute atomic E-state index is 0.209. The largest absolute Gasteiger partial charge is 0.336 e. The number of benzene rings is 2. The molecular formula is C19H20ClNO. The number of aryl methyl sites for hydroxylation is 1. The lowest BCUT2D eigenvalue weighted by atomic mass is 10.0. The highest BCUT2D eigenvalue weighted by Gasteiger charge is 2.29. The van der Waals surface area contributed by atoms with Crippen molar-refractivity contribution in [3.8, 4) is 0 Å². The van der Waals surface area contributed by atoms with Crippen molar-refractivity contribution >= 4 is 17.5 Å². The summed E-state index contributed by atoms with van der Waals surface area (Å²) in [5.74, 6) is 0.251. The Balaban J connectivity index is 1.65. The molecule has 3 heteroatoms. The zero-order valence-electron chi connectivity index (χ0n) is 12.5. The molecular weight excluding hydrogens is 294 g/mol. The Kier molecular flexibility index (Phi) is 4.79. The Morgan fingerprint density at radius 3 is 2.55 bits per heavy atom. The van der Waals surface area contributed by atoms with Crippen LogP contribution in [0.4, 0.5) is 0 Å². The summed E-state index contributed by atoms with van der Waals surface area (Å²) < 4.78 is 0. The quantitative estimate of drug-likeness (QED) is 0.805. The van der Waals surface area contributed by atoms with E-state index in [1.165, 1.54) is 11.1 Å². The fourth-order valence-corrected chi connectivity index (χ4v) is 3.26. The van der Waals surface area contributed by atoms with Crippen LogP contribution in [0.1, 0.15) is 36.4 Å². The van der Waals surface area contributed by atoms with Crippen molar-refractivity contribution in [2.75, 3.05) is 6.54 Å². The lowest BCUT2D eigenvalue weighted by molar-refractivity contribution is -0.132. The summed E-state index contributed by atoms with van der Waals surface area (Å²) in [5.41, 5.74) is 2.41. The number of carbonyl (C=O) groups excluding carboxylic acids is 1. The van der Waals surface area contributed by atoms with E-state index in [0.29, 0.717) is 6.42 Å². The molecule has 0 unspecified atom stereocenters. The second-order valence-corrected chi connectivity index (χ2v) is 6.22. The van der Waals surface area contributed by atoms with Crippen LogP contribution in [-0.4, -0.2) is 17.4 Å². The molecule has 114 valence electrons. The monoisotopic (exact) mass is 313 g/mol. The Labute approximate surface area is 136 Å². The van der Waals surface area contributed by atoms with Crippen LogP contribution in [0.5, 0.6) is 0 Å². The second-order valence-electron chi connectivity index (χ2n) is 5.78. The smallest absolute Gasteiger partial charge is 0.223 e. The highest BCUT2D eigenvalue weighted by atomic mass is 35.5. The second kappa shape index (κ2) is 6.97. The first-order valence-electron chi connectivity index (χ1n) is 7.83. The summed E-state index contributed by atoms with van der Waals surface area (Å²) in [5, 5.41) is 0.740. The summed E-state index contributed by atoms with van der Waals surface area (Å²) in [4.78, 5) is 14.6. The van der Waals surface area contributed by atoms with E-state index in [4.69, 9.17) is 11.6 Å². The third-order valence-corrected chi connectivity index (χ3v) is 4.55. The van der Waals surface area contributed by atoms with Gasteiger partial charge in [0.25, 0.3) is 0 Å². The summed E-state index contributed by atoms with van der Waals surface area (Å²) in [6.07, 6.45) is 3.50. The van der Waals surface area contributed by atoms with Crippen molar-refractivity contribution in [2.24, 2.45) is 0 Å². The van der Waals surface area contributed by atoms with E-state index < -0.39 is 0 Å². The normalized spacial score (nSPS) is 17.7. The van der Waals surface area contributed by atoms with Gasteiger partial charge in [-0.15, -0.1) is 0 Å². The van der Waals surface area contributed by atoms with Crippen LogP contribution < -0.4 is 0 Å². The standard InChI is InChI=1S/C19H20ClNO/c20-17-11-9-16(10-12-17)18-7-4-14-21(18)19(22)13-8-15-5-2-1-3-6-15/h1-3,5-6,9-12,18H,4,7-8,13-14H2/t18-/m1/s1. The number of rotatable bonds is 4. The first-order chi connectivity index (χ1) is 10.7. The average molecular weight is 314 g/mol. The van der Waals surface area contributed by atoms with Crippen molar-refractivity contribution < 1.29 is 4.79 Å². The number of halogens is 1. The molecule has 1 amide bonds. The number of amides is 1. The highest BCUT2D eigenvalue weighted by Crippen LogP contribution is 2.33. The zero-order chi connectivity index (χ0) is 15.4. The van der Waals surface area contributed by atoms with E-state index in [1.807, 2.05) is 47.4 Å². The maximum absolute atomic E-state index is 12.6. The van der Waals surface area contributed by atoms with Crippen molar-refractivity contribution in [3.63, 3.8) is 0 Å². The van der Waals surface area contributed by atoms with Crippen LogP contribution in [0.25, 0.3) is 0 Å². The van der Waals surface area contributed by atoms with Gasteiger partial charge < -0.3 is 4.90 Å². The summed E-state index contributed by atoms with van der Waals surface area (Å²) in [6.45, 7) is 0.862. The molecule has 2 aromatic rings. The summed E-state index contributed by atoms with van der Waals surface area (Å²) >= 11 is 5.95. The zero-order valence-corrected chi connectivity index (χ0v) is 13.3. The highest BCUT2D eigenvalue weighted by molar-refractivity contribution is 6.30. The molecule has 0 saturated carbocycles. The number of carbonyl (C=O) groups is 1. The van der Waals surface area contributed by atoms with Crippen molar-refractivity contribution in [1.82, 2.24) is 4.90 Å². The minimum Gasteiger partial charge on any atom is -0.336 e. The van der Waals surface area contributed by atoms with Crippen LogP contribution in [0, 0.1) is 0 Å². The summed E-state index contributed by atoms with van der Waals surface area (Å²) in [7, 11) is 0. The van der Waals surface area contributed by atoms with E-state index in [9.17, 15) is 4.79 Å². The SMILES string of the molecule is O=C(CCc1ccccc1)N1CCC[C@@H]1c1ccc(Cl)cc1. The fourth-order valence-electron chi connectivity index (χ4n) is 3.14. The maximum atomic E-state index is 12.6. The van der Waals surface area contributed by atoms with Crippen LogP contribution >= 0.6 is 11.6 Å². The molecule has 22 heavy (non-hydrogen) atoms. The van der Waals surface area contributed by atoms with E-state index in [-0.39, 0.29) is 11.9 Å². The van der Waals surface area contributed by atoms with Crippen LogP contribution in [-0.2, 0) is 11.2 Å². The predicted molar refractivity (Wildman–Crippen MR) is 89.9 cm³/mol. The van der Waals surface area contributed by atoms with Gasteiger partial charge in [-0.3, -0.25) is 4.79 Å². The van der Waals surface area contributed by atoms with Crippen molar-refractivity contribution in [1.29, 1.82) is 0 Å². The van der Waals surface area contributed by atoms with E-state index in [1.54, 1.807) is 0 Å². The molecule has 1 aliphatic heterocycles. The molecule has 0 aliphatic carbocycles. The topological polar surface area (TPSA) is 20.3 Å². The van der Waals surface area contributed by atoms with Crippen molar-refractivity contribution in [2.45, 2.75) is 31.7 Å². The lowest BCUT2D eigenvalue weighted by Gasteiger charge is -2.25. The molecule has 0 radical (unpaired) electrons. The van der Waals surface area contributed by atoms with Crippen LogP contribution in [0.3, 0.4) is 0 Å². The van der Waals surface area contributed by atoms with Gasteiger partial charge in [0.2, 0.25) is 5.91 Å². The van der Waals surface area contributed by atoms with Crippen LogP contribution in [0.2, 0.25) is 5.02 Å². The molecule has 0 bridgehead atoms. The lowest BCUT2D eigenvalue weighted by Crippen LogP contribution is -2.30. The maximum Gasteiger partial charge on any atom is 0.223 e. The minimum atomic E-state index is 0.209. The van der Waals surface area contributed by atoms with Gasteiger partial charge in [-0.2, -0.15) is 0 Å². The molecule has 0 aromatic heterocycles. The van der Waals surface area contributed by atoms with Gasteiger partial charge >= 0.3 is 0 Å². The van der Waals surface area contributed by atoms with Gasteiger partial charge in [0.1, 0.15) is 0 Å². The van der Waals surface area contributed by atoms with Gasteiger partial charge in [-0.05, 0) is 42.5 Å². The molecule has 2 nitrogen and oxygen atoms in total. The molecule has 1 atom stereocenters. The summed E-state index contributed by atoms with van der Waals surface area (Å²) in [6, 6.07) is 18.3. The number of hydrogen-bond donors (Lipinski definition) is 0. The predicted octanol–water partition coefficient (Wildman–Crippen LogP) is 4.64. The number of likely N-dealkylation sites (tertiary alicyclic amines) is 1. The third-order valence-electron chi connectivity index (χ3n) is 4.30. The van der Waals surface area contributed by atoms with Gasteiger partial charge in [0.15, 0.2) is 0 Å². The Hall–Kier alpha value is -1.80. The van der Waals surface area contributed by atoms with Crippen molar-refractivity contribution in [3.05, 3.63) is 70.7 Å². The molecule has 1 heterocycles. The number of nitrogens with zero attached hydrogens (tertiary/aromatic N) is 1. The molecule has 1 fully saturated rings.